The summed E-state index contributed by atoms with van der Waals surface area (Å²) in [6.07, 6.45) is 2.72. The Morgan fingerprint density at radius 2 is 1.80 bits per heavy atom. The first-order valence-electron chi connectivity index (χ1n) is 14.4. The summed E-state index contributed by atoms with van der Waals surface area (Å²) in [5.41, 5.74) is 9.10. The van der Waals surface area contributed by atoms with Crippen LogP contribution < -0.4 is 16.4 Å². The van der Waals surface area contributed by atoms with Gasteiger partial charge in [-0.2, -0.15) is 0 Å². The highest BCUT2D eigenvalue weighted by Crippen LogP contribution is 2.26. The maximum Gasteiger partial charge on any atom is 0.246 e. The van der Waals surface area contributed by atoms with Gasteiger partial charge in [0.15, 0.2) is 0 Å². The van der Waals surface area contributed by atoms with Gasteiger partial charge in [0.2, 0.25) is 23.6 Å². The van der Waals surface area contributed by atoms with Gasteiger partial charge < -0.3 is 26.2 Å². The van der Waals surface area contributed by atoms with E-state index >= 15 is 0 Å². The molecule has 0 aromatic heterocycles. The summed E-state index contributed by atoms with van der Waals surface area (Å²) < 4.78 is 0. The number of aryl methyl sites for hydroxylation is 1. The van der Waals surface area contributed by atoms with E-state index in [1.54, 1.807) is 23.1 Å². The molecule has 2 heterocycles. The topological polar surface area (TPSA) is 125 Å². The molecule has 220 valence electrons. The van der Waals surface area contributed by atoms with Crippen molar-refractivity contribution >= 4 is 40.9 Å². The van der Waals surface area contributed by atoms with Gasteiger partial charge in [-0.15, -0.1) is 0 Å². The third-order valence-corrected chi connectivity index (χ3v) is 8.58. The van der Waals surface area contributed by atoms with E-state index in [2.05, 4.69) is 17.6 Å². The van der Waals surface area contributed by atoms with Crippen LogP contribution in [0.2, 0.25) is 5.02 Å². The molecule has 1 fully saturated rings. The molecule has 0 unspecified atom stereocenters. The largest absolute Gasteiger partial charge is 0.342 e. The lowest BCUT2D eigenvalue weighted by molar-refractivity contribution is -0.144. The van der Waals surface area contributed by atoms with Crippen LogP contribution in [0, 0.1) is 12.8 Å². The fourth-order valence-corrected chi connectivity index (χ4v) is 5.70. The standard InChI is InChI=1S/C31H40ClN5O4/c1-3-21-13-15-36(18-21)28(38)10-11-29(39)37-19-23-7-5-4-6-22(23)17-27(37)31(41)35-26(12-14-33)30(40)34-24-8-9-25(32)20(2)16-24/h4-9,16,21,26-27H,3,10-15,17-19,33H2,1-2H3,(H,34,40)(H,35,41)/t21-,26+,27+/m1/s1. The Labute approximate surface area is 246 Å². The number of amides is 4. The minimum atomic E-state index is -0.888. The minimum absolute atomic E-state index is 0.0233. The van der Waals surface area contributed by atoms with Gasteiger partial charge in [0.1, 0.15) is 12.1 Å². The molecule has 4 amide bonds. The maximum absolute atomic E-state index is 13.7. The second-order valence-corrected chi connectivity index (χ2v) is 11.4. The third kappa shape index (κ3) is 7.65. The second-order valence-electron chi connectivity index (χ2n) is 11.0. The SMILES string of the molecule is CC[C@@H]1CCN(C(=O)CCC(=O)N2Cc3ccccc3C[C@H]2C(=O)N[C@@H](CCN)C(=O)Nc2ccc(Cl)c(C)c2)C1. The van der Waals surface area contributed by atoms with Crippen LogP contribution in [0.3, 0.4) is 0 Å². The summed E-state index contributed by atoms with van der Waals surface area (Å²) in [5, 5.41) is 6.26. The number of anilines is 1. The molecular weight excluding hydrogens is 542 g/mol. The van der Waals surface area contributed by atoms with Gasteiger partial charge in [-0.05, 0) is 67.1 Å². The van der Waals surface area contributed by atoms with Crippen LogP contribution in [-0.4, -0.2) is 65.1 Å². The molecule has 4 N–H and O–H groups in total. The number of carbonyl (C=O) groups excluding carboxylic acids is 4. The molecule has 0 spiro atoms. The van der Waals surface area contributed by atoms with E-state index in [9.17, 15) is 19.2 Å². The highest BCUT2D eigenvalue weighted by Gasteiger charge is 2.36. The molecule has 0 aliphatic carbocycles. The van der Waals surface area contributed by atoms with Crippen LogP contribution in [0.15, 0.2) is 42.5 Å². The second kappa shape index (κ2) is 14.0. The zero-order valence-corrected chi connectivity index (χ0v) is 24.6. The van der Waals surface area contributed by atoms with Crippen molar-refractivity contribution in [2.45, 2.75) is 71.0 Å². The fourth-order valence-electron chi connectivity index (χ4n) is 5.58. The Morgan fingerprint density at radius 3 is 2.49 bits per heavy atom. The van der Waals surface area contributed by atoms with Gasteiger partial charge in [-0.1, -0.05) is 49.2 Å². The minimum Gasteiger partial charge on any atom is -0.342 e. The number of halogens is 1. The lowest BCUT2D eigenvalue weighted by atomic mass is 9.92. The summed E-state index contributed by atoms with van der Waals surface area (Å²) in [4.78, 5) is 56.5. The fraction of sp³-hybridized carbons (Fsp3) is 0.484. The summed E-state index contributed by atoms with van der Waals surface area (Å²) in [7, 11) is 0. The van der Waals surface area contributed by atoms with Crippen LogP contribution in [-0.2, 0) is 32.1 Å². The highest BCUT2D eigenvalue weighted by atomic mass is 35.5. The first kappa shape index (κ1) is 30.5. The zero-order valence-electron chi connectivity index (χ0n) is 23.8. The lowest BCUT2D eigenvalue weighted by Gasteiger charge is -2.37. The van der Waals surface area contributed by atoms with Crippen LogP contribution in [0.4, 0.5) is 5.69 Å². The Bertz CT molecular complexity index is 1280. The van der Waals surface area contributed by atoms with E-state index in [1.807, 2.05) is 36.1 Å². The van der Waals surface area contributed by atoms with E-state index in [0.717, 1.165) is 42.6 Å². The molecule has 10 heteroatoms. The number of carbonyl (C=O) groups is 4. The molecule has 9 nitrogen and oxygen atoms in total. The molecule has 0 bridgehead atoms. The van der Waals surface area contributed by atoms with Crippen molar-refractivity contribution in [1.29, 1.82) is 0 Å². The van der Waals surface area contributed by atoms with Gasteiger partial charge in [0.05, 0.1) is 0 Å². The quantitative estimate of drug-likeness (QED) is 0.396. The van der Waals surface area contributed by atoms with Crippen molar-refractivity contribution in [2.75, 3.05) is 25.0 Å². The van der Waals surface area contributed by atoms with Gasteiger partial charge in [-0.25, -0.2) is 0 Å². The van der Waals surface area contributed by atoms with Gasteiger partial charge in [0, 0.05) is 49.6 Å². The number of hydrogen-bond acceptors (Lipinski definition) is 5. The van der Waals surface area contributed by atoms with Crippen molar-refractivity contribution < 1.29 is 19.2 Å². The van der Waals surface area contributed by atoms with Crippen molar-refractivity contribution in [2.24, 2.45) is 11.7 Å². The van der Waals surface area contributed by atoms with E-state index in [1.165, 1.54) is 0 Å². The molecule has 2 aliphatic heterocycles. The number of nitrogens with one attached hydrogen (secondary N) is 2. The molecule has 1 saturated heterocycles. The summed E-state index contributed by atoms with van der Waals surface area (Å²) in [6.45, 7) is 5.89. The van der Waals surface area contributed by atoms with Crippen molar-refractivity contribution in [1.82, 2.24) is 15.1 Å². The number of rotatable bonds is 10. The average Bonchev–Trinajstić information content (AvgIpc) is 3.46. The predicted octanol–water partition coefficient (Wildman–Crippen LogP) is 3.41. The molecule has 0 radical (unpaired) electrons. The molecular formula is C31H40ClN5O4. The molecule has 3 atom stereocenters. The van der Waals surface area contributed by atoms with Gasteiger partial charge >= 0.3 is 0 Å². The number of fused-ring (bicyclic) bond motifs is 1. The number of likely N-dealkylation sites (tertiary alicyclic amines) is 1. The summed E-state index contributed by atoms with van der Waals surface area (Å²) in [5.74, 6) is -0.587. The molecule has 2 aromatic rings. The van der Waals surface area contributed by atoms with Crippen molar-refractivity contribution in [3.05, 3.63) is 64.2 Å². The Morgan fingerprint density at radius 1 is 1.07 bits per heavy atom. The van der Waals surface area contributed by atoms with E-state index in [-0.39, 0.29) is 44.2 Å². The lowest BCUT2D eigenvalue weighted by Crippen LogP contribution is -2.56. The molecule has 2 aromatic carbocycles. The van der Waals surface area contributed by atoms with Crippen LogP contribution in [0.5, 0.6) is 0 Å². The van der Waals surface area contributed by atoms with E-state index in [0.29, 0.717) is 23.0 Å². The number of hydrogen-bond donors (Lipinski definition) is 3. The summed E-state index contributed by atoms with van der Waals surface area (Å²) >= 11 is 6.10. The van der Waals surface area contributed by atoms with E-state index < -0.39 is 23.9 Å². The Balaban J connectivity index is 1.45. The number of nitrogens with two attached hydrogens (primary N) is 1. The van der Waals surface area contributed by atoms with Crippen LogP contribution in [0.1, 0.15) is 55.7 Å². The highest BCUT2D eigenvalue weighted by molar-refractivity contribution is 6.31. The first-order chi connectivity index (χ1) is 19.7. The monoisotopic (exact) mass is 581 g/mol. The molecule has 2 aliphatic rings. The molecule has 4 rings (SSSR count). The first-order valence-corrected chi connectivity index (χ1v) is 14.8. The summed E-state index contributed by atoms with van der Waals surface area (Å²) in [6, 6.07) is 11.2. The maximum atomic E-state index is 13.7. The van der Waals surface area contributed by atoms with Crippen molar-refractivity contribution in [3.63, 3.8) is 0 Å². The average molecular weight is 582 g/mol. The molecule has 0 saturated carbocycles. The van der Waals surface area contributed by atoms with Crippen LogP contribution in [0.25, 0.3) is 0 Å². The van der Waals surface area contributed by atoms with E-state index in [4.69, 9.17) is 17.3 Å². The van der Waals surface area contributed by atoms with Gasteiger partial charge in [0.25, 0.3) is 0 Å². The smallest absolute Gasteiger partial charge is 0.246 e. The third-order valence-electron chi connectivity index (χ3n) is 8.15. The number of benzene rings is 2. The van der Waals surface area contributed by atoms with Crippen molar-refractivity contribution in [3.8, 4) is 0 Å². The predicted molar refractivity (Wildman–Crippen MR) is 159 cm³/mol. The van der Waals surface area contributed by atoms with Crippen LogP contribution >= 0.6 is 11.6 Å². The molecule has 41 heavy (non-hydrogen) atoms. The zero-order chi connectivity index (χ0) is 29.5. The normalized spacial score (nSPS) is 18.9. The Hall–Kier alpha value is -3.43. The Kier molecular flexibility index (Phi) is 10.4. The number of nitrogens with zero attached hydrogens (tertiary/aromatic N) is 2. The van der Waals surface area contributed by atoms with Gasteiger partial charge in [-0.3, -0.25) is 19.2 Å².